The maximum absolute atomic E-state index is 12.0. The minimum absolute atomic E-state index is 0.361. The fraction of sp³-hybridized carbons (Fsp3) is 0.400. The molecule has 0 aliphatic carbocycles. The van der Waals surface area contributed by atoms with Crippen LogP contribution < -0.4 is 5.32 Å². The molecule has 0 aromatic rings. The van der Waals surface area contributed by atoms with Crippen LogP contribution in [0.2, 0.25) is 0 Å². The van der Waals surface area contributed by atoms with Gasteiger partial charge in [-0.2, -0.15) is 13.2 Å². The van der Waals surface area contributed by atoms with Crippen molar-refractivity contribution in [1.82, 2.24) is 5.32 Å². The number of thioether (sulfide) groups is 1. The van der Waals surface area contributed by atoms with E-state index in [0.717, 1.165) is 0 Å². The average Bonchev–Trinajstić information content (AvgIpc) is 2.31. The Balaban J connectivity index is 2.77. The molecule has 1 aliphatic rings. The van der Waals surface area contributed by atoms with Gasteiger partial charge in [-0.15, -0.1) is 0 Å². The topological polar surface area (TPSA) is 49.3 Å². The second kappa shape index (κ2) is 2.98. The highest BCUT2D eigenvalue weighted by Crippen LogP contribution is 2.40. The van der Waals surface area contributed by atoms with Crippen molar-refractivity contribution < 1.29 is 23.1 Å². The van der Waals surface area contributed by atoms with E-state index in [1.165, 1.54) is 0 Å². The Kier molecular flexibility index (Phi) is 2.42. The van der Waals surface area contributed by atoms with Gasteiger partial charge in [-0.1, -0.05) is 23.4 Å². The molecule has 0 saturated heterocycles. The summed E-state index contributed by atoms with van der Waals surface area (Å²) in [7, 11) is 0. The van der Waals surface area contributed by atoms with Crippen LogP contribution in [0.5, 0.6) is 0 Å². The third kappa shape index (κ3) is 2.02. The second-order valence-electron chi connectivity index (χ2n) is 2.17. The number of carboxylic acids is 1. The number of rotatable bonds is 1. The Labute approximate surface area is 79.9 Å². The van der Waals surface area contributed by atoms with Crippen molar-refractivity contribution >= 4 is 29.3 Å². The summed E-state index contributed by atoms with van der Waals surface area (Å²) in [5, 5.41) is 10.8. The van der Waals surface area contributed by atoms with E-state index in [0.29, 0.717) is 17.2 Å². The number of aliphatic carboxylic acids is 1. The number of halogens is 4. The highest BCUT2D eigenvalue weighted by atomic mass is 35.5. The molecule has 1 aliphatic heterocycles. The van der Waals surface area contributed by atoms with Crippen molar-refractivity contribution in [3.63, 3.8) is 0 Å². The number of alkyl halides is 4. The van der Waals surface area contributed by atoms with Gasteiger partial charge in [0.1, 0.15) is 5.70 Å². The molecule has 0 radical (unpaired) electrons. The van der Waals surface area contributed by atoms with Gasteiger partial charge in [-0.25, -0.2) is 4.79 Å². The molecular weight excluding hydrogens is 231 g/mol. The summed E-state index contributed by atoms with van der Waals surface area (Å²) in [6, 6.07) is 0. The highest BCUT2D eigenvalue weighted by molar-refractivity contribution is 8.05. The number of hydrogen-bond acceptors (Lipinski definition) is 3. The lowest BCUT2D eigenvalue weighted by atomic mass is 10.4. The molecule has 3 nitrogen and oxygen atoms in total. The quantitative estimate of drug-likeness (QED) is 0.535. The van der Waals surface area contributed by atoms with Gasteiger partial charge >= 0.3 is 12.1 Å². The predicted molar refractivity (Wildman–Crippen MR) is 41.1 cm³/mol. The third-order valence-electron chi connectivity index (χ3n) is 1.22. The molecule has 13 heavy (non-hydrogen) atoms. The maximum Gasteiger partial charge on any atom is 0.431 e. The fourth-order valence-electron chi connectivity index (χ4n) is 0.614. The van der Waals surface area contributed by atoms with E-state index in [4.69, 9.17) is 16.7 Å². The third-order valence-corrected chi connectivity index (χ3v) is 2.69. The van der Waals surface area contributed by atoms with Crippen LogP contribution >= 0.6 is 23.4 Å². The van der Waals surface area contributed by atoms with Crippen LogP contribution in [0.25, 0.3) is 0 Å². The smallest absolute Gasteiger partial charge is 0.431 e. The first kappa shape index (κ1) is 10.5. The Hall–Kier alpha value is -0.560. The minimum Gasteiger partial charge on any atom is -0.478 e. The zero-order chi connectivity index (χ0) is 10.3. The van der Waals surface area contributed by atoms with Crippen molar-refractivity contribution in [2.75, 3.05) is 0 Å². The van der Waals surface area contributed by atoms with Crippen LogP contribution in [-0.4, -0.2) is 21.6 Å². The van der Waals surface area contributed by atoms with E-state index in [-0.39, 0.29) is 0 Å². The largest absolute Gasteiger partial charge is 0.478 e. The predicted octanol–water partition coefficient (Wildman–Crippen LogP) is 1.70. The van der Waals surface area contributed by atoms with Gasteiger partial charge in [0.25, 0.3) is 4.33 Å². The number of carbonyl (C=O) groups is 1. The van der Waals surface area contributed by atoms with E-state index in [1.54, 1.807) is 5.32 Å². The first-order chi connectivity index (χ1) is 5.76. The van der Waals surface area contributed by atoms with Crippen LogP contribution in [0.15, 0.2) is 11.1 Å². The van der Waals surface area contributed by atoms with Crippen LogP contribution in [-0.2, 0) is 4.79 Å². The normalized spacial score (nSPS) is 28.2. The first-order valence-corrected chi connectivity index (χ1v) is 4.17. The molecule has 0 amide bonds. The number of allylic oxidation sites excluding steroid dienone is 1. The monoisotopic (exact) mass is 233 g/mol. The molecule has 0 bridgehead atoms. The summed E-state index contributed by atoms with van der Waals surface area (Å²) in [5.41, 5.74) is -1.14. The standard InChI is InChI=1S/C5H3ClF3NO2S/c6-4(3(11)12)10-2(1-13-4)5(7,8)9/h1,10H,(H,11,12). The van der Waals surface area contributed by atoms with Crippen LogP contribution in [0.4, 0.5) is 13.2 Å². The van der Waals surface area contributed by atoms with Crippen molar-refractivity contribution in [3.8, 4) is 0 Å². The number of carboxylic acid groups (broad SMARTS) is 1. The summed E-state index contributed by atoms with van der Waals surface area (Å²) < 4.78 is 33.8. The zero-order valence-electron chi connectivity index (χ0n) is 5.85. The molecule has 8 heteroatoms. The summed E-state index contributed by atoms with van der Waals surface area (Å²) in [5.74, 6) is -1.56. The Morgan fingerprint density at radius 3 is 2.46 bits per heavy atom. The SMILES string of the molecule is O=C(O)C1(Cl)NC(C(F)(F)F)=CS1. The molecule has 1 atom stereocenters. The van der Waals surface area contributed by atoms with Gasteiger partial charge in [0.05, 0.1) is 0 Å². The van der Waals surface area contributed by atoms with Gasteiger partial charge in [0, 0.05) is 5.41 Å². The van der Waals surface area contributed by atoms with Crippen LogP contribution in [0.3, 0.4) is 0 Å². The molecule has 2 N–H and O–H groups in total. The van der Waals surface area contributed by atoms with E-state index >= 15 is 0 Å². The molecule has 0 saturated carbocycles. The van der Waals surface area contributed by atoms with Crippen LogP contribution in [0, 0.1) is 0 Å². The molecule has 0 fully saturated rings. The molecule has 0 aromatic heterocycles. The fourth-order valence-corrected chi connectivity index (χ4v) is 1.59. The lowest BCUT2D eigenvalue weighted by molar-refractivity contribution is -0.138. The molecule has 0 aromatic carbocycles. The molecule has 74 valence electrons. The summed E-state index contributed by atoms with van der Waals surface area (Å²) >= 11 is 5.67. The van der Waals surface area contributed by atoms with Gasteiger partial charge in [-0.05, 0) is 0 Å². The van der Waals surface area contributed by atoms with E-state index in [9.17, 15) is 18.0 Å². The molecular formula is C5H3ClF3NO2S. The van der Waals surface area contributed by atoms with Gasteiger partial charge in [0.15, 0.2) is 0 Å². The molecule has 0 spiro atoms. The summed E-state index contributed by atoms with van der Waals surface area (Å²) in [6.45, 7) is 0. The Bertz CT molecular complexity index is 279. The van der Waals surface area contributed by atoms with Crippen molar-refractivity contribution in [2.24, 2.45) is 0 Å². The number of nitrogens with one attached hydrogen (secondary N) is 1. The second-order valence-corrected chi connectivity index (χ2v) is 4.05. The van der Waals surface area contributed by atoms with E-state index in [2.05, 4.69) is 0 Å². The molecule has 1 rings (SSSR count). The molecule has 1 heterocycles. The maximum atomic E-state index is 12.0. The Morgan fingerprint density at radius 1 is 1.69 bits per heavy atom. The molecule has 1 unspecified atom stereocenters. The van der Waals surface area contributed by atoms with Gasteiger partial charge < -0.3 is 10.4 Å². The van der Waals surface area contributed by atoms with Crippen molar-refractivity contribution in [1.29, 1.82) is 0 Å². The van der Waals surface area contributed by atoms with Crippen molar-refractivity contribution in [3.05, 3.63) is 11.1 Å². The average molecular weight is 234 g/mol. The minimum atomic E-state index is -4.60. The summed E-state index contributed by atoms with van der Waals surface area (Å²) in [6.07, 6.45) is -4.60. The Morgan fingerprint density at radius 2 is 2.23 bits per heavy atom. The summed E-state index contributed by atoms with van der Waals surface area (Å²) in [4.78, 5) is 10.4. The zero-order valence-corrected chi connectivity index (χ0v) is 7.43. The van der Waals surface area contributed by atoms with Gasteiger partial charge in [0.2, 0.25) is 0 Å². The first-order valence-electron chi connectivity index (χ1n) is 2.91. The van der Waals surface area contributed by atoms with E-state index in [1.807, 2.05) is 0 Å². The van der Waals surface area contributed by atoms with Crippen LogP contribution in [0.1, 0.15) is 0 Å². The van der Waals surface area contributed by atoms with Crippen molar-refractivity contribution in [2.45, 2.75) is 10.5 Å². The lowest BCUT2D eigenvalue weighted by Gasteiger charge is -2.17. The number of hydrogen-bond donors (Lipinski definition) is 2. The lowest BCUT2D eigenvalue weighted by Crippen LogP contribution is -2.42. The van der Waals surface area contributed by atoms with Gasteiger partial charge in [-0.3, -0.25) is 0 Å². The highest BCUT2D eigenvalue weighted by Gasteiger charge is 2.48. The van der Waals surface area contributed by atoms with E-state index < -0.39 is 22.2 Å².